The van der Waals surface area contributed by atoms with Crippen molar-refractivity contribution in [1.82, 2.24) is 20.2 Å². The van der Waals surface area contributed by atoms with Gasteiger partial charge in [-0.05, 0) is 18.9 Å². The van der Waals surface area contributed by atoms with Crippen molar-refractivity contribution in [1.29, 1.82) is 0 Å². The number of amides is 1. The van der Waals surface area contributed by atoms with Crippen LogP contribution in [0.15, 0.2) is 59.8 Å². The topological polar surface area (TPSA) is 85.8 Å². The standard InChI is InChI=1S/C19H21N5OS/c1-14-7-9-16(10-8-14)18-22-23-19(24(18)20)26-13-17(25)21-12-11-15-5-3-2-4-6-15/h2-10H,11-13,20H2,1H3,(H,21,25). The molecule has 134 valence electrons. The summed E-state index contributed by atoms with van der Waals surface area (Å²) in [6, 6.07) is 18.0. The maximum atomic E-state index is 12.0. The third-order valence-corrected chi connectivity index (χ3v) is 4.83. The van der Waals surface area contributed by atoms with Crippen LogP contribution in [0, 0.1) is 6.92 Å². The lowest BCUT2D eigenvalue weighted by Gasteiger charge is -2.06. The number of thioether (sulfide) groups is 1. The molecule has 0 atom stereocenters. The van der Waals surface area contributed by atoms with Gasteiger partial charge in [-0.1, -0.05) is 71.9 Å². The molecule has 0 spiro atoms. The van der Waals surface area contributed by atoms with E-state index in [1.165, 1.54) is 27.6 Å². The summed E-state index contributed by atoms with van der Waals surface area (Å²) in [5.41, 5.74) is 3.26. The van der Waals surface area contributed by atoms with Gasteiger partial charge in [0.25, 0.3) is 0 Å². The first kappa shape index (κ1) is 18.0. The number of hydrogen-bond donors (Lipinski definition) is 2. The van der Waals surface area contributed by atoms with Crippen molar-refractivity contribution < 1.29 is 4.79 Å². The molecule has 0 aliphatic heterocycles. The van der Waals surface area contributed by atoms with E-state index in [-0.39, 0.29) is 11.7 Å². The van der Waals surface area contributed by atoms with Crippen LogP contribution < -0.4 is 11.2 Å². The maximum absolute atomic E-state index is 12.0. The molecule has 1 aromatic heterocycles. The third kappa shape index (κ3) is 4.64. The molecule has 3 N–H and O–H groups in total. The van der Waals surface area contributed by atoms with E-state index >= 15 is 0 Å². The van der Waals surface area contributed by atoms with E-state index in [1.807, 2.05) is 61.5 Å². The smallest absolute Gasteiger partial charge is 0.230 e. The summed E-state index contributed by atoms with van der Waals surface area (Å²) in [5, 5.41) is 11.6. The van der Waals surface area contributed by atoms with Crippen LogP contribution in [0.2, 0.25) is 0 Å². The number of carbonyl (C=O) groups is 1. The predicted octanol–water partition coefficient (Wildman–Crippen LogP) is 2.42. The molecule has 6 nitrogen and oxygen atoms in total. The van der Waals surface area contributed by atoms with Gasteiger partial charge in [-0.25, -0.2) is 4.68 Å². The van der Waals surface area contributed by atoms with Gasteiger partial charge in [-0.2, -0.15) is 0 Å². The number of rotatable bonds is 7. The Bertz CT molecular complexity index is 861. The largest absolute Gasteiger partial charge is 0.355 e. The highest BCUT2D eigenvalue weighted by Crippen LogP contribution is 2.21. The van der Waals surface area contributed by atoms with Crippen LogP contribution in [0.5, 0.6) is 0 Å². The molecular formula is C19H21N5OS. The third-order valence-electron chi connectivity index (χ3n) is 3.89. The van der Waals surface area contributed by atoms with Crippen LogP contribution >= 0.6 is 11.8 Å². The van der Waals surface area contributed by atoms with Crippen molar-refractivity contribution in [2.75, 3.05) is 18.1 Å². The highest BCUT2D eigenvalue weighted by Gasteiger charge is 2.13. The molecule has 26 heavy (non-hydrogen) atoms. The Kier molecular flexibility index (Phi) is 5.91. The summed E-state index contributed by atoms with van der Waals surface area (Å²) in [7, 11) is 0. The normalized spacial score (nSPS) is 10.7. The molecule has 1 heterocycles. The SMILES string of the molecule is Cc1ccc(-c2nnc(SCC(=O)NCCc3ccccc3)n2N)cc1. The number of carbonyl (C=O) groups excluding carboxylic acids is 1. The minimum absolute atomic E-state index is 0.0502. The van der Waals surface area contributed by atoms with Crippen molar-refractivity contribution in [3.8, 4) is 11.4 Å². The number of benzene rings is 2. The van der Waals surface area contributed by atoms with Gasteiger partial charge >= 0.3 is 0 Å². The zero-order valence-electron chi connectivity index (χ0n) is 14.6. The second-order valence-corrected chi connectivity index (χ2v) is 6.86. The van der Waals surface area contributed by atoms with Gasteiger partial charge < -0.3 is 11.2 Å². The Morgan fingerprint density at radius 1 is 1.12 bits per heavy atom. The molecule has 0 aliphatic carbocycles. The average molecular weight is 367 g/mol. The Hall–Kier alpha value is -2.80. The first-order valence-corrected chi connectivity index (χ1v) is 9.33. The monoisotopic (exact) mass is 367 g/mol. The van der Waals surface area contributed by atoms with Crippen molar-refractivity contribution in [3.05, 3.63) is 65.7 Å². The molecule has 7 heteroatoms. The van der Waals surface area contributed by atoms with Crippen LogP contribution in [-0.2, 0) is 11.2 Å². The lowest BCUT2D eigenvalue weighted by molar-refractivity contribution is -0.118. The summed E-state index contributed by atoms with van der Waals surface area (Å²) >= 11 is 1.27. The maximum Gasteiger partial charge on any atom is 0.230 e. The van der Waals surface area contributed by atoms with Gasteiger partial charge in [0.2, 0.25) is 11.1 Å². The number of aryl methyl sites for hydroxylation is 1. The molecule has 0 aliphatic rings. The molecule has 0 saturated heterocycles. The van der Waals surface area contributed by atoms with E-state index in [1.54, 1.807) is 0 Å². The molecule has 1 amide bonds. The molecule has 0 bridgehead atoms. The van der Waals surface area contributed by atoms with Gasteiger partial charge in [0.15, 0.2) is 5.82 Å². The fourth-order valence-electron chi connectivity index (χ4n) is 2.45. The molecule has 3 rings (SSSR count). The lowest BCUT2D eigenvalue weighted by atomic mass is 10.1. The summed E-state index contributed by atoms with van der Waals surface area (Å²) in [6.45, 7) is 2.63. The highest BCUT2D eigenvalue weighted by atomic mass is 32.2. The Morgan fingerprint density at radius 3 is 2.58 bits per heavy atom. The molecule has 0 radical (unpaired) electrons. The van der Waals surface area contributed by atoms with Gasteiger partial charge in [-0.3, -0.25) is 4.79 Å². The fourth-order valence-corrected chi connectivity index (χ4v) is 3.13. The van der Waals surface area contributed by atoms with Gasteiger partial charge in [0, 0.05) is 12.1 Å². The second kappa shape index (κ2) is 8.53. The Balaban J connectivity index is 1.50. The number of hydrogen-bond acceptors (Lipinski definition) is 5. The van der Waals surface area contributed by atoms with Gasteiger partial charge in [-0.15, -0.1) is 10.2 Å². The van der Waals surface area contributed by atoms with E-state index in [9.17, 15) is 4.79 Å². The lowest BCUT2D eigenvalue weighted by Crippen LogP contribution is -2.27. The first-order chi connectivity index (χ1) is 12.6. The van der Waals surface area contributed by atoms with Crippen molar-refractivity contribution in [2.24, 2.45) is 0 Å². The number of aromatic nitrogens is 3. The minimum Gasteiger partial charge on any atom is -0.355 e. The van der Waals surface area contributed by atoms with E-state index in [2.05, 4.69) is 15.5 Å². The van der Waals surface area contributed by atoms with E-state index in [0.29, 0.717) is 17.5 Å². The molecule has 0 fully saturated rings. The van der Waals surface area contributed by atoms with Gasteiger partial charge in [0.1, 0.15) is 0 Å². The van der Waals surface area contributed by atoms with Crippen LogP contribution in [0.4, 0.5) is 0 Å². The Morgan fingerprint density at radius 2 is 1.85 bits per heavy atom. The fraction of sp³-hybridized carbons (Fsp3) is 0.211. The molecule has 3 aromatic rings. The van der Waals surface area contributed by atoms with Crippen LogP contribution in [0.25, 0.3) is 11.4 Å². The molecular weight excluding hydrogens is 346 g/mol. The first-order valence-electron chi connectivity index (χ1n) is 8.34. The van der Waals surface area contributed by atoms with E-state index in [0.717, 1.165) is 12.0 Å². The average Bonchev–Trinajstić information content (AvgIpc) is 3.02. The van der Waals surface area contributed by atoms with Crippen LogP contribution in [0.1, 0.15) is 11.1 Å². The van der Waals surface area contributed by atoms with Gasteiger partial charge in [0.05, 0.1) is 5.75 Å². The predicted molar refractivity (Wildman–Crippen MR) is 104 cm³/mol. The van der Waals surface area contributed by atoms with E-state index in [4.69, 9.17) is 5.84 Å². The van der Waals surface area contributed by atoms with Crippen LogP contribution in [-0.4, -0.2) is 33.1 Å². The number of nitrogen functional groups attached to an aromatic ring is 1. The summed E-state index contributed by atoms with van der Waals surface area (Å²) < 4.78 is 1.42. The highest BCUT2D eigenvalue weighted by molar-refractivity contribution is 7.99. The second-order valence-electron chi connectivity index (χ2n) is 5.92. The molecule has 0 unspecified atom stereocenters. The van der Waals surface area contributed by atoms with Crippen molar-refractivity contribution in [3.63, 3.8) is 0 Å². The van der Waals surface area contributed by atoms with Crippen molar-refractivity contribution in [2.45, 2.75) is 18.5 Å². The molecule has 2 aromatic carbocycles. The van der Waals surface area contributed by atoms with Crippen LogP contribution in [0.3, 0.4) is 0 Å². The Labute approximate surface area is 156 Å². The summed E-state index contributed by atoms with van der Waals surface area (Å²) in [5.74, 6) is 6.85. The zero-order valence-corrected chi connectivity index (χ0v) is 15.4. The number of nitrogens with one attached hydrogen (secondary N) is 1. The quantitative estimate of drug-likeness (QED) is 0.495. The van der Waals surface area contributed by atoms with E-state index < -0.39 is 0 Å². The van der Waals surface area contributed by atoms with Crippen molar-refractivity contribution >= 4 is 17.7 Å². The summed E-state index contributed by atoms with van der Waals surface area (Å²) in [4.78, 5) is 12.0. The minimum atomic E-state index is -0.0502. The summed E-state index contributed by atoms with van der Waals surface area (Å²) in [6.07, 6.45) is 0.807. The number of nitrogens with zero attached hydrogens (tertiary/aromatic N) is 3. The number of nitrogens with two attached hydrogens (primary N) is 1. The zero-order chi connectivity index (χ0) is 18.4. The molecule has 0 saturated carbocycles.